The van der Waals surface area contributed by atoms with Gasteiger partial charge in [-0.2, -0.15) is 0 Å². The molecule has 1 aliphatic heterocycles. The first-order chi connectivity index (χ1) is 8.31. The first-order valence-corrected chi connectivity index (χ1v) is 6.32. The van der Waals surface area contributed by atoms with Crippen LogP contribution in [-0.2, 0) is 4.74 Å². The van der Waals surface area contributed by atoms with Gasteiger partial charge in [0.15, 0.2) is 0 Å². The van der Waals surface area contributed by atoms with Crippen molar-refractivity contribution in [2.24, 2.45) is 11.8 Å². The molecule has 1 aromatic rings. The van der Waals surface area contributed by atoms with Crippen LogP contribution in [0.25, 0.3) is 0 Å². The van der Waals surface area contributed by atoms with E-state index in [4.69, 9.17) is 22.2 Å². The van der Waals surface area contributed by atoms with Crippen LogP contribution in [0.1, 0.15) is 30.9 Å². The molecule has 0 spiro atoms. The van der Waals surface area contributed by atoms with E-state index in [0.29, 0.717) is 10.9 Å². The summed E-state index contributed by atoms with van der Waals surface area (Å²) in [6.07, 6.45) is 6.59. The summed E-state index contributed by atoms with van der Waals surface area (Å²) < 4.78 is 5.36. The molecule has 0 amide bonds. The van der Waals surface area contributed by atoms with Gasteiger partial charge in [-0.15, -0.1) is 0 Å². The Morgan fingerprint density at radius 3 is 2.94 bits per heavy atom. The number of ether oxygens (including phenoxy) is 1. The second kappa shape index (κ2) is 6.31. The van der Waals surface area contributed by atoms with Crippen LogP contribution in [0.15, 0.2) is 18.5 Å². The van der Waals surface area contributed by atoms with Crippen molar-refractivity contribution in [3.63, 3.8) is 0 Å². The quantitative estimate of drug-likeness (QED) is 0.639. The number of hydrazine groups is 1. The van der Waals surface area contributed by atoms with Crippen molar-refractivity contribution in [3.05, 3.63) is 29.0 Å². The highest BCUT2D eigenvalue weighted by Crippen LogP contribution is 2.30. The summed E-state index contributed by atoms with van der Waals surface area (Å²) in [5.74, 6) is 6.28. The van der Waals surface area contributed by atoms with Gasteiger partial charge in [0.1, 0.15) is 0 Å². The maximum Gasteiger partial charge on any atom is 0.0637 e. The Balaban J connectivity index is 2.03. The molecule has 2 heterocycles. The van der Waals surface area contributed by atoms with Crippen molar-refractivity contribution in [3.8, 4) is 0 Å². The summed E-state index contributed by atoms with van der Waals surface area (Å²) in [6, 6.07) is 2.01. The van der Waals surface area contributed by atoms with Gasteiger partial charge in [0, 0.05) is 31.6 Å². The van der Waals surface area contributed by atoms with Gasteiger partial charge >= 0.3 is 0 Å². The fourth-order valence-electron chi connectivity index (χ4n) is 2.27. The van der Waals surface area contributed by atoms with Crippen LogP contribution >= 0.6 is 11.6 Å². The van der Waals surface area contributed by atoms with Crippen LogP contribution in [0.4, 0.5) is 0 Å². The van der Waals surface area contributed by atoms with Crippen molar-refractivity contribution < 1.29 is 4.74 Å². The van der Waals surface area contributed by atoms with Gasteiger partial charge in [-0.3, -0.25) is 16.3 Å². The van der Waals surface area contributed by atoms with Crippen LogP contribution < -0.4 is 11.3 Å². The lowest BCUT2D eigenvalue weighted by atomic mass is 9.90. The number of rotatable bonds is 4. The summed E-state index contributed by atoms with van der Waals surface area (Å²) >= 11 is 6.13. The normalized spacial score (nSPS) is 19.2. The van der Waals surface area contributed by atoms with E-state index in [9.17, 15) is 0 Å². The molecule has 1 unspecified atom stereocenters. The van der Waals surface area contributed by atoms with Crippen LogP contribution in [-0.4, -0.2) is 18.2 Å². The number of halogens is 1. The first-order valence-electron chi connectivity index (χ1n) is 5.94. The Kier molecular flexibility index (Phi) is 4.74. The monoisotopic (exact) mass is 255 g/mol. The lowest BCUT2D eigenvalue weighted by Crippen LogP contribution is -2.31. The molecule has 1 fully saturated rings. The largest absolute Gasteiger partial charge is 0.381 e. The van der Waals surface area contributed by atoms with Crippen molar-refractivity contribution in [1.29, 1.82) is 0 Å². The molecule has 1 aliphatic rings. The van der Waals surface area contributed by atoms with Crippen molar-refractivity contribution in [2.75, 3.05) is 13.2 Å². The van der Waals surface area contributed by atoms with E-state index in [0.717, 1.165) is 38.0 Å². The number of pyridine rings is 1. The van der Waals surface area contributed by atoms with E-state index in [-0.39, 0.29) is 6.04 Å². The summed E-state index contributed by atoms with van der Waals surface area (Å²) in [5.41, 5.74) is 3.88. The molecule has 0 aliphatic carbocycles. The molecule has 0 saturated carbocycles. The zero-order valence-corrected chi connectivity index (χ0v) is 10.5. The maximum absolute atomic E-state index is 6.13. The molecule has 4 nitrogen and oxygen atoms in total. The number of nitrogens with one attached hydrogen (secondary N) is 1. The molecule has 1 aromatic heterocycles. The smallest absolute Gasteiger partial charge is 0.0637 e. The molecule has 5 heteroatoms. The zero-order chi connectivity index (χ0) is 12.1. The SMILES string of the molecule is NNC(CC1CCOCC1)c1ccncc1Cl. The van der Waals surface area contributed by atoms with Crippen molar-refractivity contribution in [1.82, 2.24) is 10.4 Å². The van der Waals surface area contributed by atoms with E-state index in [2.05, 4.69) is 10.4 Å². The lowest BCUT2D eigenvalue weighted by Gasteiger charge is -2.26. The third kappa shape index (κ3) is 3.39. The Morgan fingerprint density at radius 2 is 2.29 bits per heavy atom. The second-order valence-electron chi connectivity index (χ2n) is 4.41. The van der Waals surface area contributed by atoms with Gasteiger partial charge in [0.05, 0.1) is 5.02 Å². The molecule has 1 atom stereocenters. The predicted octanol–water partition coefficient (Wildman–Crippen LogP) is 2.06. The molecule has 0 aromatic carbocycles. The standard InChI is InChI=1S/C12H18ClN3O/c13-11-8-15-4-1-10(11)12(16-14)7-9-2-5-17-6-3-9/h1,4,8-9,12,16H,2-3,5-7,14H2. The Bertz CT molecular complexity index is 355. The predicted molar refractivity (Wildman–Crippen MR) is 67.5 cm³/mol. The number of nitrogens with two attached hydrogens (primary N) is 1. The lowest BCUT2D eigenvalue weighted by molar-refractivity contribution is 0.0605. The molecule has 1 saturated heterocycles. The molecule has 17 heavy (non-hydrogen) atoms. The summed E-state index contributed by atoms with van der Waals surface area (Å²) in [7, 11) is 0. The fraction of sp³-hybridized carbons (Fsp3) is 0.583. The van der Waals surface area contributed by atoms with E-state index < -0.39 is 0 Å². The highest BCUT2D eigenvalue weighted by atomic mass is 35.5. The van der Waals surface area contributed by atoms with E-state index in [1.165, 1.54) is 0 Å². The van der Waals surface area contributed by atoms with E-state index in [1.54, 1.807) is 12.4 Å². The minimum Gasteiger partial charge on any atom is -0.381 e. The number of hydrogen-bond acceptors (Lipinski definition) is 4. The molecule has 3 N–H and O–H groups in total. The molecule has 0 bridgehead atoms. The summed E-state index contributed by atoms with van der Waals surface area (Å²) in [5, 5.41) is 0.669. The minimum atomic E-state index is 0.0913. The average Bonchev–Trinajstić information content (AvgIpc) is 2.38. The van der Waals surface area contributed by atoms with Crippen LogP contribution in [0, 0.1) is 5.92 Å². The van der Waals surface area contributed by atoms with Gasteiger partial charge < -0.3 is 4.74 Å². The first kappa shape index (κ1) is 12.8. The molecular weight excluding hydrogens is 238 g/mol. The second-order valence-corrected chi connectivity index (χ2v) is 4.82. The van der Waals surface area contributed by atoms with E-state index >= 15 is 0 Å². The summed E-state index contributed by atoms with van der Waals surface area (Å²) in [4.78, 5) is 3.99. The highest BCUT2D eigenvalue weighted by Gasteiger charge is 2.21. The number of hydrogen-bond donors (Lipinski definition) is 2. The number of aromatic nitrogens is 1. The van der Waals surface area contributed by atoms with Gasteiger partial charge in [0.25, 0.3) is 0 Å². The van der Waals surface area contributed by atoms with Crippen molar-refractivity contribution >= 4 is 11.6 Å². The Morgan fingerprint density at radius 1 is 1.53 bits per heavy atom. The van der Waals surface area contributed by atoms with Crippen molar-refractivity contribution in [2.45, 2.75) is 25.3 Å². The third-order valence-electron chi connectivity index (χ3n) is 3.29. The van der Waals surface area contributed by atoms with Gasteiger partial charge in [-0.25, -0.2) is 0 Å². The van der Waals surface area contributed by atoms with Crippen LogP contribution in [0.3, 0.4) is 0 Å². The zero-order valence-electron chi connectivity index (χ0n) is 9.73. The van der Waals surface area contributed by atoms with E-state index in [1.807, 2.05) is 6.07 Å². The van der Waals surface area contributed by atoms with Gasteiger partial charge in [-0.1, -0.05) is 11.6 Å². The molecule has 94 valence electrons. The fourth-order valence-corrected chi connectivity index (χ4v) is 2.52. The average molecular weight is 256 g/mol. The Hall–Kier alpha value is -0.680. The van der Waals surface area contributed by atoms with Crippen LogP contribution in [0.2, 0.25) is 5.02 Å². The highest BCUT2D eigenvalue weighted by molar-refractivity contribution is 6.31. The number of nitrogens with zero attached hydrogens (tertiary/aromatic N) is 1. The van der Waals surface area contributed by atoms with Crippen LogP contribution in [0.5, 0.6) is 0 Å². The maximum atomic E-state index is 6.13. The molecular formula is C12H18ClN3O. The molecule has 2 rings (SSSR count). The molecule has 0 radical (unpaired) electrons. The third-order valence-corrected chi connectivity index (χ3v) is 3.61. The van der Waals surface area contributed by atoms with Gasteiger partial charge in [-0.05, 0) is 36.8 Å². The topological polar surface area (TPSA) is 60.2 Å². The Labute approximate surface area is 106 Å². The summed E-state index contributed by atoms with van der Waals surface area (Å²) in [6.45, 7) is 1.71. The minimum absolute atomic E-state index is 0.0913. The van der Waals surface area contributed by atoms with Gasteiger partial charge in [0.2, 0.25) is 0 Å².